The summed E-state index contributed by atoms with van der Waals surface area (Å²) in [5.41, 5.74) is 1.79. The first-order valence-corrected chi connectivity index (χ1v) is 10.7. The highest BCUT2D eigenvalue weighted by Gasteiger charge is 2.17. The predicted octanol–water partition coefficient (Wildman–Crippen LogP) is 4.90. The molecule has 0 atom stereocenters. The predicted molar refractivity (Wildman–Crippen MR) is 116 cm³/mol. The van der Waals surface area contributed by atoms with Crippen LogP contribution in [0.5, 0.6) is 5.75 Å². The molecular weight excluding hydrogens is 431 g/mol. The van der Waals surface area contributed by atoms with Crippen LogP contribution >= 0.6 is 35.0 Å². The second-order valence-electron chi connectivity index (χ2n) is 6.10. The van der Waals surface area contributed by atoms with Gasteiger partial charge in [0.15, 0.2) is 11.0 Å². The van der Waals surface area contributed by atoms with Crippen LogP contribution in [0.1, 0.15) is 24.7 Å². The molecule has 2 aromatic carbocycles. The Morgan fingerprint density at radius 1 is 1.21 bits per heavy atom. The van der Waals surface area contributed by atoms with E-state index in [4.69, 9.17) is 27.9 Å². The summed E-state index contributed by atoms with van der Waals surface area (Å²) in [4.78, 5) is 11.7. The summed E-state index contributed by atoms with van der Waals surface area (Å²) in [6.45, 7) is 2.05. The molecule has 0 saturated carbocycles. The second-order valence-corrected chi connectivity index (χ2v) is 7.89. The van der Waals surface area contributed by atoms with Crippen LogP contribution in [0.25, 0.3) is 5.69 Å². The third kappa shape index (κ3) is 5.44. The van der Waals surface area contributed by atoms with Gasteiger partial charge >= 0.3 is 0 Å². The van der Waals surface area contributed by atoms with Crippen LogP contribution < -0.4 is 10.1 Å². The van der Waals surface area contributed by atoms with E-state index >= 15 is 0 Å². The zero-order chi connectivity index (χ0) is 20.8. The first kappa shape index (κ1) is 21.5. The zero-order valence-electron chi connectivity index (χ0n) is 16.0. The monoisotopic (exact) mass is 450 g/mol. The molecular formula is C20H20Cl2N4O2S. The van der Waals surface area contributed by atoms with Crippen molar-refractivity contribution in [2.24, 2.45) is 0 Å². The number of amides is 1. The number of aromatic nitrogens is 3. The Hall–Kier alpha value is -2.22. The number of carbonyl (C=O) groups excluding carboxylic acids is 1. The number of rotatable bonds is 8. The SMILES string of the molecule is CCC(=O)NCc1nnc(SCc2cccc(OC)c2)n1-c1ccc(Cl)cc1Cl. The van der Waals surface area contributed by atoms with Gasteiger partial charge in [-0.1, -0.05) is 54.0 Å². The second kappa shape index (κ2) is 10.0. The minimum Gasteiger partial charge on any atom is -0.497 e. The smallest absolute Gasteiger partial charge is 0.220 e. The van der Waals surface area contributed by atoms with Crippen LogP contribution in [0.3, 0.4) is 0 Å². The summed E-state index contributed by atoms with van der Waals surface area (Å²) in [7, 11) is 1.64. The number of halogens is 2. The molecule has 0 aliphatic heterocycles. The van der Waals surface area contributed by atoms with Crippen molar-refractivity contribution in [2.45, 2.75) is 30.8 Å². The normalized spacial score (nSPS) is 10.8. The van der Waals surface area contributed by atoms with Gasteiger partial charge < -0.3 is 10.1 Å². The van der Waals surface area contributed by atoms with Gasteiger partial charge in [-0.15, -0.1) is 10.2 Å². The Labute approximate surface area is 183 Å². The molecule has 0 spiro atoms. The lowest BCUT2D eigenvalue weighted by Gasteiger charge is -2.13. The molecule has 1 heterocycles. The molecule has 3 rings (SSSR count). The average molecular weight is 451 g/mol. The number of nitrogens with one attached hydrogen (secondary N) is 1. The maximum Gasteiger partial charge on any atom is 0.220 e. The molecule has 29 heavy (non-hydrogen) atoms. The van der Waals surface area contributed by atoms with Gasteiger partial charge in [-0.05, 0) is 35.9 Å². The molecule has 6 nitrogen and oxygen atoms in total. The Bertz CT molecular complexity index is 1010. The summed E-state index contributed by atoms with van der Waals surface area (Å²) in [5, 5.41) is 13.1. The quantitative estimate of drug-likeness (QED) is 0.494. The highest BCUT2D eigenvalue weighted by molar-refractivity contribution is 7.98. The first-order chi connectivity index (χ1) is 14.0. The number of ether oxygens (including phenoxy) is 1. The van der Waals surface area contributed by atoms with E-state index in [-0.39, 0.29) is 12.5 Å². The third-order valence-electron chi connectivity index (χ3n) is 4.12. The number of methoxy groups -OCH3 is 1. The molecule has 152 valence electrons. The maximum atomic E-state index is 11.7. The van der Waals surface area contributed by atoms with E-state index < -0.39 is 0 Å². The van der Waals surface area contributed by atoms with E-state index in [0.29, 0.717) is 38.9 Å². The van der Waals surface area contributed by atoms with Gasteiger partial charge in [-0.2, -0.15) is 0 Å². The van der Waals surface area contributed by atoms with E-state index in [0.717, 1.165) is 11.3 Å². The van der Waals surface area contributed by atoms with E-state index in [1.165, 1.54) is 11.8 Å². The van der Waals surface area contributed by atoms with Gasteiger partial charge in [0, 0.05) is 17.2 Å². The van der Waals surface area contributed by atoms with Crippen molar-refractivity contribution in [3.05, 3.63) is 63.9 Å². The van der Waals surface area contributed by atoms with Crippen LogP contribution in [0.4, 0.5) is 0 Å². The van der Waals surface area contributed by atoms with Gasteiger partial charge in [-0.25, -0.2) is 0 Å². The van der Waals surface area contributed by atoms with Crippen molar-refractivity contribution in [3.8, 4) is 11.4 Å². The lowest BCUT2D eigenvalue weighted by atomic mass is 10.2. The number of benzene rings is 2. The molecule has 0 saturated heterocycles. The number of hydrogen-bond donors (Lipinski definition) is 1. The molecule has 1 amide bonds. The van der Waals surface area contributed by atoms with Crippen molar-refractivity contribution in [3.63, 3.8) is 0 Å². The summed E-state index contributed by atoms with van der Waals surface area (Å²) in [5.74, 6) is 1.99. The Balaban J connectivity index is 1.91. The zero-order valence-corrected chi connectivity index (χ0v) is 18.3. The van der Waals surface area contributed by atoms with Crippen LogP contribution in [-0.4, -0.2) is 27.8 Å². The Morgan fingerprint density at radius 3 is 2.76 bits per heavy atom. The molecule has 3 aromatic rings. The molecule has 0 radical (unpaired) electrons. The van der Waals surface area contributed by atoms with Gasteiger partial charge in [0.2, 0.25) is 5.91 Å². The average Bonchev–Trinajstić information content (AvgIpc) is 3.13. The lowest BCUT2D eigenvalue weighted by Crippen LogP contribution is -2.23. The molecule has 0 aliphatic carbocycles. The summed E-state index contributed by atoms with van der Waals surface area (Å²) < 4.78 is 7.13. The van der Waals surface area contributed by atoms with Crippen LogP contribution in [0.2, 0.25) is 10.0 Å². The molecule has 0 bridgehead atoms. The lowest BCUT2D eigenvalue weighted by molar-refractivity contribution is -0.120. The van der Waals surface area contributed by atoms with Gasteiger partial charge in [0.1, 0.15) is 5.75 Å². The third-order valence-corrected chi connectivity index (χ3v) is 5.66. The van der Waals surface area contributed by atoms with Crippen LogP contribution in [-0.2, 0) is 17.1 Å². The standard InChI is InChI=1S/C20H20Cl2N4O2S/c1-3-19(27)23-11-18-24-25-20(26(18)17-8-7-14(21)10-16(17)22)29-12-13-5-4-6-15(9-13)28-2/h4-10H,3,11-12H2,1-2H3,(H,23,27). The van der Waals surface area contributed by atoms with Crippen molar-refractivity contribution < 1.29 is 9.53 Å². The maximum absolute atomic E-state index is 11.7. The van der Waals surface area contributed by atoms with E-state index in [1.54, 1.807) is 26.2 Å². The molecule has 9 heteroatoms. The highest BCUT2D eigenvalue weighted by atomic mass is 35.5. The number of carbonyl (C=O) groups is 1. The van der Waals surface area contributed by atoms with Gasteiger partial charge in [-0.3, -0.25) is 9.36 Å². The fourth-order valence-corrected chi connectivity index (χ4v) is 4.03. The number of thioether (sulfide) groups is 1. The number of nitrogens with zero attached hydrogens (tertiary/aromatic N) is 3. The minimum absolute atomic E-state index is 0.0627. The van der Waals surface area contributed by atoms with Crippen molar-refractivity contribution >= 4 is 40.9 Å². The minimum atomic E-state index is -0.0627. The van der Waals surface area contributed by atoms with Crippen LogP contribution in [0, 0.1) is 0 Å². The van der Waals surface area contributed by atoms with E-state index in [1.807, 2.05) is 34.9 Å². The van der Waals surface area contributed by atoms with Crippen molar-refractivity contribution in [1.29, 1.82) is 0 Å². The van der Waals surface area contributed by atoms with Gasteiger partial charge in [0.05, 0.1) is 24.4 Å². The Kier molecular flexibility index (Phi) is 7.41. The van der Waals surface area contributed by atoms with Crippen molar-refractivity contribution in [2.75, 3.05) is 7.11 Å². The van der Waals surface area contributed by atoms with Gasteiger partial charge in [0.25, 0.3) is 0 Å². The largest absolute Gasteiger partial charge is 0.497 e. The molecule has 1 aromatic heterocycles. The van der Waals surface area contributed by atoms with Crippen LogP contribution in [0.15, 0.2) is 47.6 Å². The fraction of sp³-hybridized carbons (Fsp3) is 0.250. The number of hydrogen-bond acceptors (Lipinski definition) is 5. The molecule has 0 aliphatic rings. The Morgan fingerprint density at radius 2 is 2.03 bits per heavy atom. The summed E-state index contributed by atoms with van der Waals surface area (Å²) in [6.07, 6.45) is 0.396. The fourth-order valence-electron chi connectivity index (χ4n) is 2.63. The molecule has 0 unspecified atom stereocenters. The molecule has 0 fully saturated rings. The summed E-state index contributed by atoms with van der Waals surface area (Å²) in [6, 6.07) is 13.1. The summed E-state index contributed by atoms with van der Waals surface area (Å²) >= 11 is 14.0. The first-order valence-electron chi connectivity index (χ1n) is 8.94. The topological polar surface area (TPSA) is 69.0 Å². The molecule has 1 N–H and O–H groups in total. The highest BCUT2D eigenvalue weighted by Crippen LogP contribution is 2.31. The van der Waals surface area contributed by atoms with E-state index in [2.05, 4.69) is 15.5 Å². The van der Waals surface area contributed by atoms with E-state index in [9.17, 15) is 4.79 Å². The van der Waals surface area contributed by atoms with Crippen molar-refractivity contribution in [1.82, 2.24) is 20.1 Å².